The number of esters is 1. The van der Waals surface area contributed by atoms with Crippen molar-refractivity contribution < 1.29 is 23.7 Å². The van der Waals surface area contributed by atoms with Gasteiger partial charge in [-0.25, -0.2) is 9.78 Å². The first-order valence-electron chi connectivity index (χ1n) is 15.2. The molecule has 10 nitrogen and oxygen atoms in total. The first-order chi connectivity index (χ1) is 21.4. The zero-order chi connectivity index (χ0) is 30.0. The maximum absolute atomic E-state index is 12.3. The third-order valence-corrected chi connectivity index (χ3v) is 9.76. The molecule has 1 aliphatic carbocycles. The topological polar surface area (TPSA) is 91.2 Å². The van der Waals surface area contributed by atoms with Crippen LogP contribution in [0.25, 0.3) is 11.0 Å². The summed E-state index contributed by atoms with van der Waals surface area (Å²) in [6.45, 7) is 5.88. The molecular formula is C33H34ClN5O5. The SMILES string of the molecule is COC(=O)c1ccc2nc(CN3CCN(c4cccc5c4O[C@](C)(c4ccc(Cl)cn4)O5)[C@H]4CC[C@H]43)n(C[C@@H]3CCO3)c2c1. The molecular weight excluding hydrogens is 582 g/mol. The number of aromatic nitrogens is 3. The lowest BCUT2D eigenvalue weighted by atomic mass is 9.81. The molecule has 2 aromatic heterocycles. The highest BCUT2D eigenvalue weighted by molar-refractivity contribution is 6.30. The lowest BCUT2D eigenvalue weighted by molar-refractivity contribution is -0.0717. The maximum atomic E-state index is 12.3. The molecule has 3 aliphatic heterocycles. The number of rotatable bonds is 7. The summed E-state index contributed by atoms with van der Waals surface area (Å²) in [4.78, 5) is 26.9. The van der Waals surface area contributed by atoms with Gasteiger partial charge in [-0.1, -0.05) is 17.7 Å². The van der Waals surface area contributed by atoms with E-state index < -0.39 is 5.79 Å². The van der Waals surface area contributed by atoms with Crippen molar-refractivity contribution in [2.75, 3.05) is 31.7 Å². The highest BCUT2D eigenvalue weighted by Gasteiger charge is 2.47. The van der Waals surface area contributed by atoms with E-state index in [9.17, 15) is 4.79 Å². The van der Waals surface area contributed by atoms with E-state index >= 15 is 0 Å². The lowest BCUT2D eigenvalue weighted by Gasteiger charge is -2.54. The Morgan fingerprint density at radius 2 is 1.95 bits per heavy atom. The van der Waals surface area contributed by atoms with Gasteiger partial charge in [-0.15, -0.1) is 0 Å². The van der Waals surface area contributed by atoms with Crippen LogP contribution in [0.15, 0.2) is 54.7 Å². The fourth-order valence-corrected chi connectivity index (χ4v) is 7.07. The Labute approximate surface area is 260 Å². The van der Waals surface area contributed by atoms with Crippen LogP contribution in [-0.2, 0) is 28.4 Å². The van der Waals surface area contributed by atoms with Crippen molar-refractivity contribution >= 4 is 34.3 Å². The van der Waals surface area contributed by atoms with E-state index in [1.54, 1.807) is 18.3 Å². The van der Waals surface area contributed by atoms with Gasteiger partial charge in [-0.2, -0.15) is 0 Å². The third-order valence-electron chi connectivity index (χ3n) is 9.53. The molecule has 0 bridgehead atoms. The molecule has 5 heterocycles. The Morgan fingerprint density at radius 3 is 2.68 bits per heavy atom. The van der Waals surface area contributed by atoms with Crippen LogP contribution in [0.1, 0.15) is 48.1 Å². The van der Waals surface area contributed by atoms with Crippen molar-refractivity contribution in [1.29, 1.82) is 0 Å². The maximum Gasteiger partial charge on any atom is 0.337 e. The fourth-order valence-electron chi connectivity index (χ4n) is 6.96. The molecule has 0 N–H and O–H groups in total. The van der Waals surface area contributed by atoms with Gasteiger partial charge in [0.2, 0.25) is 0 Å². The molecule has 0 unspecified atom stereocenters. The number of carbonyl (C=O) groups is 1. The van der Waals surface area contributed by atoms with Crippen LogP contribution in [0.5, 0.6) is 11.5 Å². The van der Waals surface area contributed by atoms with Gasteiger partial charge in [0.25, 0.3) is 5.79 Å². The molecule has 11 heteroatoms. The van der Waals surface area contributed by atoms with Crippen LogP contribution in [0, 0.1) is 0 Å². The van der Waals surface area contributed by atoms with Crippen LogP contribution in [0.2, 0.25) is 5.02 Å². The summed E-state index contributed by atoms with van der Waals surface area (Å²) < 4.78 is 25.9. The van der Waals surface area contributed by atoms with Crippen molar-refractivity contribution in [2.45, 2.75) is 63.3 Å². The Hall–Kier alpha value is -3.86. The predicted octanol–water partition coefficient (Wildman–Crippen LogP) is 5.16. The van der Waals surface area contributed by atoms with Gasteiger partial charge in [-0.05, 0) is 61.7 Å². The van der Waals surface area contributed by atoms with Crippen molar-refractivity contribution in [2.24, 2.45) is 0 Å². The summed E-state index contributed by atoms with van der Waals surface area (Å²) in [7, 11) is 1.41. The number of halogens is 1. The number of hydrogen-bond acceptors (Lipinski definition) is 9. The second-order valence-corrected chi connectivity index (χ2v) is 12.5. The quantitative estimate of drug-likeness (QED) is 0.262. The van der Waals surface area contributed by atoms with E-state index in [1.165, 1.54) is 7.11 Å². The number of piperazine rings is 1. The summed E-state index contributed by atoms with van der Waals surface area (Å²) in [6, 6.07) is 16.1. The number of imidazole rings is 1. The van der Waals surface area contributed by atoms with Gasteiger partial charge in [0.15, 0.2) is 11.5 Å². The first-order valence-corrected chi connectivity index (χ1v) is 15.6. The van der Waals surface area contributed by atoms with E-state index in [4.69, 9.17) is 35.5 Å². The van der Waals surface area contributed by atoms with Crippen LogP contribution in [0.3, 0.4) is 0 Å². The Kier molecular flexibility index (Phi) is 6.69. The molecule has 0 spiro atoms. The molecule has 3 fully saturated rings. The molecule has 0 amide bonds. The third kappa shape index (κ3) is 4.58. The number of carbonyl (C=O) groups excluding carboxylic acids is 1. The van der Waals surface area contributed by atoms with Gasteiger partial charge >= 0.3 is 5.97 Å². The normalized spacial score (nSPS) is 25.8. The number of nitrogens with zero attached hydrogens (tertiary/aromatic N) is 5. The molecule has 44 heavy (non-hydrogen) atoms. The van der Waals surface area contributed by atoms with E-state index in [-0.39, 0.29) is 12.1 Å². The second-order valence-electron chi connectivity index (χ2n) is 12.1. The molecule has 2 saturated heterocycles. The molecule has 4 atom stereocenters. The average molecular weight is 616 g/mol. The molecule has 8 rings (SSSR count). The summed E-state index contributed by atoms with van der Waals surface area (Å²) >= 11 is 6.08. The number of fused-ring (bicyclic) bond motifs is 3. The highest BCUT2D eigenvalue weighted by Crippen LogP contribution is 2.51. The predicted molar refractivity (Wildman–Crippen MR) is 164 cm³/mol. The molecule has 1 saturated carbocycles. The van der Waals surface area contributed by atoms with Gasteiger partial charge < -0.3 is 28.4 Å². The minimum absolute atomic E-state index is 0.164. The molecule has 4 aromatic rings. The monoisotopic (exact) mass is 615 g/mol. The standard InChI is InChI=1S/C33H34ClN5O5/c1-33(29-11-7-21(34)17-35-29)43-28-5-3-4-26(31(28)44-33)38-14-13-37(24-9-10-25(24)38)19-30-36-23-8-6-20(32(40)41-2)16-27(23)39(30)18-22-12-15-42-22/h3-8,11,16-17,22,24-25H,9-10,12-15,18-19H2,1-2H3/t22-,24+,25-,33+/m0/s1. The number of pyridine rings is 1. The second kappa shape index (κ2) is 10.6. The largest absolute Gasteiger partial charge is 0.465 e. The van der Waals surface area contributed by atoms with Crippen LogP contribution < -0.4 is 14.4 Å². The summed E-state index contributed by atoms with van der Waals surface area (Å²) in [6.07, 6.45) is 5.04. The summed E-state index contributed by atoms with van der Waals surface area (Å²) in [5.74, 6) is 1.11. The van der Waals surface area contributed by atoms with Crippen LogP contribution >= 0.6 is 11.6 Å². The Bertz CT molecular complexity index is 1740. The van der Waals surface area contributed by atoms with E-state index in [1.807, 2.05) is 37.3 Å². The number of para-hydroxylation sites is 1. The molecule has 2 aromatic carbocycles. The van der Waals surface area contributed by atoms with E-state index in [2.05, 4.69) is 25.4 Å². The van der Waals surface area contributed by atoms with Gasteiger partial charge in [-0.3, -0.25) is 9.88 Å². The minimum atomic E-state index is -1.03. The number of anilines is 1. The number of benzene rings is 2. The van der Waals surface area contributed by atoms with Crippen molar-refractivity contribution in [3.63, 3.8) is 0 Å². The number of methoxy groups -OCH3 is 1. The van der Waals surface area contributed by atoms with E-state index in [0.29, 0.717) is 28.4 Å². The zero-order valence-corrected chi connectivity index (χ0v) is 25.5. The lowest BCUT2D eigenvalue weighted by Crippen LogP contribution is -2.64. The molecule has 4 aliphatic rings. The van der Waals surface area contributed by atoms with Crippen molar-refractivity contribution in [3.8, 4) is 11.5 Å². The first kappa shape index (κ1) is 27.7. The fraction of sp³-hybridized carbons (Fsp3) is 0.424. The molecule has 228 valence electrons. The minimum Gasteiger partial charge on any atom is -0.465 e. The van der Waals surface area contributed by atoms with Crippen molar-refractivity contribution in [1.82, 2.24) is 19.4 Å². The smallest absolute Gasteiger partial charge is 0.337 e. The summed E-state index contributed by atoms with van der Waals surface area (Å²) in [5, 5.41) is 0.570. The highest BCUT2D eigenvalue weighted by atomic mass is 35.5. The van der Waals surface area contributed by atoms with Crippen molar-refractivity contribution in [3.05, 3.63) is 76.8 Å². The van der Waals surface area contributed by atoms with E-state index in [0.717, 1.165) is 86.1 Å². The zero-order valence-electron chi connectivity index (χ0n) is 24.7. The average Bonchev–Trinajstić information content (AvgIpc) is 3.52. The number of ether oxygens (including phenoxy) is 4. The molecule has 0 radical (unpaired) electrons. The van der Waals surface area contributed by atoms with Gasteiger partial charge in [0.1, 0.15) is 11.5 Å². The van der Waals surface area contributed by atoms with Crippen LogP contribution in [-0.4, -0.2) is 70.4 Å². The Morgan fingerprint density at radius 1 is 1.09 bits per heavy atom. The number of hydrogen-bond donors (Lipinski definition) is 0. The van der Waals surface area contributed by atoms with Crippen LogP contribution in [0.4, 0.5) is 5.69 Å². The Balaban J connectivity index is 1.04. The van der Waals surface area contributed by atoms with Gasteiger partial charge in [0.05, 0.1) is 53.6 Å². The summed E-state index contributed by atoms with van der Waals surface area (Å²) in [5.41, 5.74) is 4.08. The van der Waals surface area contributed by atoms with Gasteiger partial charge in [0, 0.05) is 44.9 Å².